The van der Waals surface area contributed by atoms with E-state index in [0.29, 0.717) is 16.5 Å². The van der Waals surface area contributed by atoms with Crippen molar-refractivity contribution in [3.8, 4) is 11.3 Å². The second-order valence-electron chi connectivity index (χ2n) is 9.26. The fourth-order valence-corrected chi connectivity index (χ4v) is 6.32. The molecule has 5 rings (SSSR count). The largest absolute Gasteiger partial charge is 0.290 e. The summed E-state index contributed by atoms with van der Waals surface area (Å²) in [6, 6.07) is 8.19. The lowest BCUT2D eigenvalue weighted by molar-refractivity contribution is -0.115. The van der Waals surface area contributed by atoms with Crippen molar-refractivity contribution < 1.29 is 9.59 Å². The smallest absolute Gasteiger partial charge is 0.282 e. The molecule has 1 aliphatic heterocycles. The van der Waals surface area contributed by atoms with Gasteiger partial charge in [-0.3, -0.25) is 19.9 Å². The van der Waals surface area contributed by atoms with Gasteiger partial charge in [-0.15, -0.1) is 0 Å². The summed E-state index contributed by atoms with van der Waals surface area (Å²) in [5.74, 6) is 1.85. The summed E-state index contributed by atoms with van der Waals surface area (Å²) in [4.78, 5) is 37.2. The molecule has 1 aliphatic carbocycles. The van der Waals surface area contributed by atoms with Crippen LogP contribution in [0, 0.1) is 11.8 Å². The van der Waals surface area contributed by atoms with Crippen molar-refractivity contribution in [3.05, 3.63) is 69.4 Å². The van der Waals surface area contributed by atoms with Crippen LogP contribution < -0.4 is 5.32 Å². The van der Waals surface area contributed by atoms with Crippen molar-refractivity contribution in [1.82, 2.24) is 20.3 Å². The summed E-state index contributed by atoms with van der Waals surface area (Å²) in [6.45, 7) is 0. The third-order valence-corrected chi connectivity index (χ3v) is 8.32. The van der Waals surface area contributed by atoms with Gasteiger partial charge in [-0.05, 0) is 84.5 Å². The zero-order valence-electron chi connectivity index (χ0n) is 19.5. The first-order chi connectivity index (χ1) is 17.1. The Kier molecular flexibility index (Phi) is 7.69. The van der Waals surface area contributed by atoms with Gasteiger partial charge < -0.3 is 0 Å². The second kappa shape index (κ2) is 11.3. The third-order valence-electron chi connectivity index (χ3n) is 6.83. The number of rotatable bonds is 8. The number of carbonyl (C=O) groups excluding carboxylic acids is 2. The lowest BCUT2D eigenvalue weighted by Gasteiger charge is -2.28. The number of carbonyl (C=O) groups is 2. The monoisotopic (exact) mass is 504 g/mol. The maximum atomic E-state index is 11.8. The van der Waals surface area contributed by atoms with Crippen LogP contribution in [-0.4, -0.2) is 26.1 Å². The van der Waals surface area contributed by atoms with E-state index >= 15 is 0 Å². The van der Waals surface area contributed by atoms with Crippen molar-refractivity contribution in [2.24, 2.45) is 11.8 Å². The highest BCUT2D eigenvalue weighted by atomic mass is 32.2. The number of pyridine rings is 1. The maximum absolute atomic E-state index is 11.8. The Hall–Kier alpha value is -2.84. The summed E-state index contributed by atoms with van der Waals surface area (Å²) < 4.78 is 0. The zero-order valence-corrected chi connectivity index (χ0v) is 21.1. The molecule has 6 nitrogen and oxygen atoms in total. The van der Waals surface area contributed by atoms with Crippen LogP contribution in [0.5, 0.6) is 0 Å². The molecule has 35 heavy (non-hydrogen) atoms. The quantitative estimate of drug-likeness (QED) is 0.363. The zero-order chi connectivity index (χ0) is 24.0. The van der Waals surface area contributed by atoms with Gasteiger partial charge in [-0.1, -0.05) is 25.3 Å². The van der Waals surface area contributed by atoms with Crippen LogP contribution in [0.3, 0.4) is 0 Å². The molecule has 2 aliphatic rings. The molecular formula is C27H28N4O2S2. The van der Waals surface area contributed by atoms with Crippen LogP contribution in [0.15, 0.2) is 52.3 Å². The van der Waals surface area contributed by atoms with Gasteiger partial charge in [0.05, 0.1) is 16.3 Å². The van der Waals surface area contributed by atoms with E-state index in [1.165, 1.54) is 49.7 Å². The first-order valence-electron chi connectivity index (χ1n) is 12.2. The fraction of sp³-hybridized carbons (Fsp3) is 0.370. The van der Waals surface area contributed by atoms with E-state index in [9.17, 15) is 9.59 Å². The highest BCUT2D eigenvalue weighted by molar-refractivity contribution is 8.18. The number of amides is 2. The Morgan fingerprint density at radius 2 is 1.89 bits per heavy atom. The van der Waals surface area contributed by atoms with Gasteiger partial charge in [0.15, 0.2) is 0 Å². The van der Waals surface area contributed by atoms with E-state index in [1.54, 1.807) is 29.7 Å². The number of hydrogen-bond acceptors (Lipinski definition) is 7. The lowest BCUT2D eigenvalue weighted by atomic mass is 9.78. The number of aromatic nitrogens is 3. The summed E-state index contributed by atoms with van der Waals surface area (Å²) in [5, 5.41) is 6.22. The number of hydrogen-bond donors (Lipinski definition) is 1. The summed E-state index contributed by atoms with van der Waals surface area (Å²) in [6.07, 6.45) is 14.6. The number of nitrogens with zero attached hydrogens (tertiary/aromatic N) is 3. The molecule has 1 saturated heterocycles. The Balaban J connectivity index is 1.09. The average Bonchev–Trinajstić information content (AvgIpc) is 3.50. The highest BCUT2D eigenvalue weighted by Crippen LogP contribution is 2.34. The van der Waals surface area contributed by atoms with Crippen molar-refractivity contribution in [2.45, 2.75) is 51.4 Å². The van der Waals surface area contributed by atoms with E-state index < -0.39 is 0 Å². The van der Waals surface area contributed by atoms with Gasteiger partial charge in [-0.2, -0.15) is 11.3 Å². The molecule has 1 saturated carbocycles. The molecule has 3 aromatic rings. The van der Waals surface area contributed by atoms with E-state index in [-0.39, 0.29) is 11.1 Å². The topological polar surface area (TPSA) is 84.8 Å². The van der Waals surface area contributed by atoms with Crippen molar-refractivity contribution in [3.63, 3.8) is 0 Å². The molecule has 0 atom stereocenters. The number of thioether (sulfide) groups is 1. The van der Waals surface area contributed by atoms with Crippen LogP contribution >= 0.6 is 23.1 Å². The predicted octanol–water partition coefficient (Wildman–Crippen LogP) is 6.30. The normalized spacial score (nSPS) is 21.4. The van der Waals surface area contributed by atoms with E-state index in [4.69, 9.17) is 0 Å². The predicted molar refractivity (Wildman–Crippen MR) is 141 cm³/mol. The van der Waals surface area contributed by atoms with Gasteiger partial charge in [0.25, 0.3) is 11.1 Å². The molecule has 2 fully saturated rings. The van der Waals surface area contributed by atoms with Crippen LogP contribution in [0.1, 0.15) is 55.6 Å². The Labute approximate surface area is 213 Å². The Morgan fingerprint density at radius 3 is 2.66 bits per heavy atom. The van der Waals surface area contributed by atoms with Gasteiger partial charge in [0, 0.05) is 29.8 Å². The average molecular weight is 505 g/mol. The Bertz CT molecular complexity index is 1220. The molecule has 180 valence electrons. The maximum Gasteiger partial charge on any atom is 0.290 e. The minimum atomic E-state index is -0.357. The molecule has 8 heteroatoms. The van der Waals surface area contributed by atoms with Crippen LogP contribution in [-0.2, 0) is 17.6 Å². The van der Waals surface area contributed by atoms with E-state index in [1.807, 2.05) is 12.3 Å². The van der Waals surface area contributed by atoms with Gasteiger partial charge in [0.2, 0.25) is 0 Å². The summed E-state index contributed by atoms with van der Waals surface area (Å²) in [5.41, 5.74) is 4.39. The fourth-order valence-electron chi connectivity index (χ4n) is 5.01. The first-order valence-corrected chi connectivity index (χ1v) is 13.9. The minimum Gasteiger partial charge on any atom is -0.282 e. The number of imide groups is 1. The van der Waals surface area contributed by atoms with Crippen LogP contribution in [0.25, 0.3) is 17.3 Å². The molecule has 0 radical (unpaired) electrons. The minimum absolute atomic E-state index is 0.337. The molecule has 0 aromatic carbocycles. The second-order valence-corrected chi connectivity index (χ2v) is 11.1. The molecule has 4 heterocycles. The van der Waals surface area contributed by atoms with Gasteiger partial charge in [0.1, 0.15) is 5.82 Å². The van der Waals surface area contributed by atoms with Gasteiger partial charge in [-0.25, -0.2) is 9.97 Å². The van der Waals surface area contributed by atoms with E-state index in [2.05, 4.69) is 43.2 Å². The lowest BCUT2D eigenvalue weighted by Crippen LogP contribution is -2.18. The van der Waals surface area contributed by atoms with Crippen molar-refractivity contribution >= 4 is 40.3 Å². The van der Waals surface area contributed by atoms with Crippen molar-refractivity contribution in [1.29, 1.82) is 0 Å². The number of aryl methyl sites for hydroxylation is 1. The molecular weight excluding hydrogens is 476 g/mol. The molecule has 0 unspecified atom stereocenters. The molecule has 0 bridgehead atoms. The number of thiophene rings is 1. The van der Waals surface area contributed by atoms with Crippen LogP contribution in [0.4, 0.5) is 4.79 Å². The Morgan fingerprint density at radius 1 is 1.03 bits per heavy atom. The SMILES string of the molecule is O=C1NC(=O)/C(=C/c2ccnc(CC3CCC(CCCc4cccnc4-c4ccsc4)CC3)n2)S1. The van der Waals surface area contributed by atoms with Gasteiger partial charge >= 0.3 is 0 Å². The standard InChI is InChI=1S/C27H28N4O2S2/c32-26-23(35-27(33)31-26)16-22-10-13-28-24(30-22)15-19-8-6-18(7-9-19)3-1-4-20-5-2-12-29-25(20)21-11-14-34-17-21/h2,5,10-14,16-19H,1,3-4,6-9,15H2,(H,31,32,33)/b23-16-. The summed E-state index contributed by atoms with van der Waals surface area (Å²) >= 11 is 2.63. The highest BCUT2D eigenvalue weighted by Gasteiger charge is 2.25. The molecule has 0 spiro atoms. The third kappa shape index (κ3) is 6.24. The number of nitrogens with one attached hydrogen (secondary N) is 1. The molecule has 1 N–H and O–H groups in total. The molecule has 3 aromatic heterocycles. The summed E-state index contributed by atoms with van der Waals surface area (Å²) in [7, 11) is 0. The van der Waals surface area contributed by atoms with Crippen molar-refractivity contribution in [2.75, 3.05) is 0 Å². The van der Waals surface area contributed by atoms with E-state index in [0.717, 1.165) is 42.0 Å². The van der Waals surface area contributed by atoms with Crippen LogP contribution in [0.2, 0.25) is 0 Å². The molecule has 2 amide bonds. The first kappa shape index (κ1) is 23.9.